The Labute approximate surface area is 117 Å². The minimum atomic E-state index is -1.52. The number of carbonyl (C=O) groups excluding carboxylic acids is 1. The molecule has 1 aliphatic rings. The minimum absolute atomic E-state index is 0.352. The number of rotatable bonds is 3. The van der Waals surface area contributed by atoms with Gasteiger partial charge in [-0.1, -0.05) is 0 Å². The molecule has 1 aromatic rings. The van der Waals surface area contributed by atoms with E-state index in [1.54, 1.807) is 24.3 Å². The van der Waals surface area contributed by atoms with Crippen molar-refractivity contribution in [2.45, 2.75) is 17.7 Å². The van der Waals surface area contributed by atoms with Crippen LogP contribution in [0.2, 0.25) is 0 Å². The smallest absolute Gasteiger partial charge is 0.265 e. The fourth-order valence-corrected chi connectivity index (χ4v) is 2.85. The predicted molar refractivity (Wildman–Crippen MR) is 76.4 cm³/mol. The molecule has 20 heavy (non-hydrogen) atoms. The van der Waals surface area contributed by atoms with E-state index in [1.807, 2.05) is 6.07 Å². The van der Waals surface area contributed by atoms with Gasteiger partial charge in [-0.05, 0) is 30.7 Å². The zero-order valence-electron chi connectivity index (χ0n) is 10.7. The van der Waals surface area contributed by atoms with E-state index in [-0.39, 0.29) is 0 Å². The topological polar surface area (TPSA) is 125 Å². The van der Waals surface area contributed by atoms with Gasteiger partial charge in [-0.15, -0.1) is 0 Å². The van der Waals surface area contributed by atoms with Crippen LogP contribution in [0.15, 0.2) is 24.3 Å². The minimum Gasteiger partial charge on any atom is -0.379 e. The molecule has 0 radical (unpaired) electrons. The third-order valence-electron chi connectivity index (χ3n) is 3.42. The van der Waals surface area contributed by atoms with Gasteiger partial charge in [0.25, 0.3) is 5.91 Å². The molecule has 106 valence electrons. The Morgan fingerprint density at radius 2 is 2.10 bits per heavy atom. The number of piperidine rings is 1. The number of anilines is 1. The van der Waals surface area contributed by atoms with Crippen molar-refractivity contribution in [3.05, 3.63) is 29.8 Å². The molecular weight excluding hydrogens is 277 g/mol. The Bertz CT molecular complexity index is 570. The van der Waals surface area contributed by atoms with Gasteiger partial charge in [0.05, 0.1) is 26.1 Å². The first-order chi connectivity index (χ1) is 9.51. The Morgan fingerprint density at radius 1 is 1.45 bits per heavy atom. The lowest BCUT2D eigenvalue weighted by atomic mass is 9.99. The van der Waals surface area contributed by atoms with Crippen molar-refractivity contribution in [1.82, 2.24) is 5.01 Å². The van der Waals surface area contributed by atoms with Crippen molar-refractivity contribution < 1.29 is 9.36 Å². The summed E-state index contributed by atoms with van der Waals surface area (Å²) in [5.41, 5.74) is 7.24. The van der Waals surface area contributed by atoms with E-state index in [9.17, 15) is 9.36 Å². The van der Waals surface area contributed by atoms with Crippen molar-refractivity contribution >= 4 is 20.1 Å². The zero-order valence-corrected chi connectivity index (χ0v) is 11.9. The fraction of sp³-hybridized carbons (Fsp3) is 0.333. The molecule has 5 N–H and O–H groups in total. The third-order valence-corrected chi connectivity index (χ3v) is 4.46. The van der Waals surface area contributed by atoms with Crippen LogP contribution in [0.3, 0.4) is 0 Å². The molecule has 7 nitrogen and oxygen atoms in total. The highest BCUT2D eigenvalue weighted by molar-refractivity contribution is 7.27. The first-order valence-electron chi connectivity index (χ1n) is 6.10. The van der Waals surface area contributed by atoms with Crippen molar-refractivity contribution in [3.63, 3.8) is 0 Å². The molecule has 1 fully saturated rings. The second-order valence-corrected chi connectivity index (χ2v) is 5.92. The van der Waals surface area contributed by atoms with E-state index in [2.05, 4.69) is 5.32 Å². The molecule has 2 rings (SSSR count). The first kappa shape index (κ1) is 14.5. The number of hydrazine groups is 1. The lowest BCUT2D eigenvalue weighted by Crippen LogP contribution is -2.66. The van der Waals surface area contributed by atoms with E-state index in [0.717, 1.165) is 10.7 Å². The van der Waals surface area contributed by atoms with E-state index < -0.39 is 25.7 Å². The molecule has 2 unspecified atom stereocenters. The van der Waals surface area contributed by atoms with E-state index in [0.29, 0.717) is 18.5 Å². The van der Waals surface area contributed by atoms with Gasteiger partial charge in [0.15, 0.2) is 5.28 Å². The van der Waals surface area contributed by atoms with Gasteiger partial charge in [0.1, 0.15) is 0 Å². The largest absolute Gasteiger partial charge is 0.379 e. The predicted octanol–water partition coefficient (Wildman–Crippen LogP) is -0.144. The van der Waals surface area contributed by atoms with Crippen LogP contribution >= 0.6 is 8.46 Å². The fourth-order valence-electron chi connectivity index (χ4n) is 2.17. The number of hydrogen-bond donors (Lipinski definition) is 3. The molecule has 0 spiro atoms. The quantitative estimate of drug-likeness (QED) is 0.404. The lowest BCUT2D eigenvalue weighted by Gasteiger charge is -2.40. The molecule has 1 saturated heterocycles. The molecule has 0 bridgehead atoms. The Kier molecular flexibility index (Phi) is 4.09. The Morgan fingerprint density at radius 3 is 2.65 bits per heavy atom. The first-order valence-corrected chi connectivity index (χ1v) is 7.14. The maximum atomic E-state index is 12.0. The van der Waals surface area contributed by atoms with Crippen molar-refractivity contribution in [1.29, 1.82) is 5.26 Å². The highest BCUT2D eigenvalue weighted by atomic mass is 31.1. The number of amides is 1. The second-order valence-electron chi connectivity index (χ2n) is 4.72. The second kappa shape index (κ2) is 5.63. The summed E-state index contributed by atoms with van der Waals surface area (Å²) in [7, 11) is -1.52. The molecule has 0 saturated carbocycles. The van der Waals surface area contributed by atoms with Crippen molar-refractivity contribution in [3.8, 4) is 6.07 Å². The molecule has 0 aromatic heterocycles. The molecule has 3 atom stereocenters. The summed E-state index contributed by atoms with van der Waals surface area (Å²) >= 11 is 0. The summed E-state index contributed by atoms with van der Waals surface area (Å²) < 4.78 is 11.4. The van der Waals surface area contributed by atoms with Gasteiger partial charge in [-0.3, -0.25) is 9.80 Å². The van der Waals surface area contributed by atoms with Crippen molar-refractivity contribution in [2.75, 3.05) is 11.9 Å². The molecule has 1 aliphatic heterocycles. The highest BCUT2D eigenvalue weighted by Gasteiger charge is 2.47. The number of carbonyl (C=O) groups is 1. The normalized spacial score (nSPS) is 26.8. The van der Waals surface area contributed by atoms with Crippen LogP contribution in [0.5, 0.6) is 0 Å². The number of nitrogens with two attached hydrogens (primary N) is 2. The molecule has 1 amide bonds. The number of benzene rings is 1. The summed E-state index contributed by atoms with van der Waals surface area (Å²) in [6.45, 7) is 0.352. The van der Waals surface area contributed by atoms with Crippen LogP contribution in [0.25, 0.3) is 0 Å². The van der Waals surface area contributed by atoms with Gasteiger partial charge < -0.3 is 15.6 Å². The van der Waals surface area contributed by atoms with Gasteiger partial charge in [-0.25, -0.2) is 5.84 Å². The van der Waals surface area contributed by atoms with Crippen LogP contribution in [-0.4, -0.2) is 28.8 Å². The molecule has 8 heteroatoms. The Balaban J connectivity index is 2.20. The summed E-state index contributed by atoms with van der Waals surface area (Å²) in [4.78, 5) is 12.0. The van der Waals surface area contributed by atoms with E-state index in [4.69, 9.17) is 16.8 Å². The maximum Gasteiger partial charge on any atom is 0.265 e. The van der Waals surface area contributed by atoms with Crippen LogP contribution in [0.1, 0.15) is 12.0 Å². The van der Waals surface area contributed by atoms with Crippen LogP contribution in [-0.2, 0) is 9.36 Å². The van der Waals surface area contributed by atoms with Gasteiger partial charge in [-0.2, -0.15) is 5.26 Å². The van der Waals surface area contributed by atoms with Gasteiger partial charge >= 0.3 is 0 Å². The third kappa shape index (κ3) is 2.54. The summed E-state index contributed by atoms with van der Waals surface area (Å²) in [6, 6.07) is 8.33. The Hall–Kier alpha value is -1.87. The number of nitriles is 1. The molecule has 1 aromatic carbocycles. The van der Waals surface area contributed by atoms with Crippen LogP contribution < -0.4 is 16.9 Å². The van der Waals surface area contributed by atoms with Crippen molar-refractivity contribution in [2.24, 2.45) is 11.6 Å². The number of nitrogens with zero attached hydrogens (tertiary/aromatic N) is 2. The summed E-state index contributed by atoms with van der Waals surface area (Å²) in [6.07, 6.45) is 0.508. The zero-order chi connectivity index (χ0) is 14.8. The van der Waals surface area contributed by atoms with Crippen LogP contribution in [0.4, 0.5) is 5.69 Å². The SMILES string of the molecule is N#Cc1ccc(NC2CCN(N)C(=O)[C@@]2(N)[PH2]=O)cc1. The van der Waals surface area contributed by atoms with E-state index >= 15 is 0 Å². The van der Waals surface area contributed by atoms with Crippen LogP contribution in [0, 0.1) is 11.3 Å². The number of hydrogen-bond acceptors (Lipinski definition) is 6. The summed E-state index contributed by atoms with van der Waals surface area (Å²) in [5.74, 6) is 5.02. The maximum absolute atomic E-state index is 12.0. The monoisotopic (exact) mass is 293 g/mol. The van der Waals surface area contributed by atoms with Gasteiger partial charge in [0.2, 0.25) is 0 Å². The highest BCUT2D eigenvalue weighted by Crippen LogP contribution is 2.31. The summed E-state index contributed by atoms with van der Waals surface area (Å²) in [5, 5.41) is 11.4. The number of nitrogens with one attached hydrogen (secondary N) is 1. The van der Waals surface area contributed by atoms with E-state index in [1.165, 1.54) is 0 Å². The molecule has 0 aliphatic carbocycles. The average molecular weight is 293 g/mol. The molecular formula is C12H16N5O2P. The average Bonchev–Trinajstić information content (AvgIpc) is 2.48. The van der Waals surface area contributed by atoms with Gasteiger partial charge in [0, 0.05) is 12.2 Å². The lowest BCUT2D eigenvalue weighted by molar-refractivity contribution is -0.137. The standard InChI is InChI=1S/C12H16N5O2P/c13-7-8-1-3-9(4-2-8)16-10-5-6-17(15)11(18)12(10,14)20-19/h1-4,10,16H,5-6,14-15,20H2/t10?,12-/m0/s1. The molecule has 1 heterocycles.